The number of amides is 1. The first-order valence-corrected chi connectivity index (χ1v) is 11.2. The van der Waals surface area contributed by atoms with E-state index in [4.69, 9.17) is 35.4 Å². The Balaban J connectivity index is 1.51. The van der Waals surface area contributed by atoms with E-state index in [1.54, 1.807) is 12.1 Å². The number of benzene rings is 2. The topological polar surface area (TPSA) is 47.6 Å². The maximum atomic E-state index is 12.4. The van der Waals surface area contributed by atoms with Gasteiger partial charge in [0.1, 0.15) is 0 Å². The van der Waals surface area contributed by atoms with Crippen molar-refractivity contribution in [2.24, 2.45) is 0 Å². The van der Waals surface area contributed by atoms with E-state index in [1.807, 2.05) is 30.3 Å². The van der Waals surface area contributed by atoms with Crippen LogP contribution in [-0.2, 0) is 4.79 Å². The van der Waals surface area contributed by atoms with Gasteiger partial charge in [0.25, 0.3) is 0 Å². The van der Waals surface area contributed by atoms with Crippen molar-refractivity contribution < 1.29 is 4.79 Å². The average Bonchev–Trinajstić information content (AvgIpc) is 2.91. The zero-order chi connectivity index (χ0) is 20.8. The number of hydrogen-bond acceptors (Lipinski definition) is 3. The van der Waals surface area contributed by atoms with Gasteiger partial charge in [-0.15, -0.1) is 0 Å². The number of carbonyl (C=O) groups excluding carboxylic acids is 1. The Morgan fingerprint density at radius 1 is 1.00 bits per heavy atom. The molecule has 3 rings (SSSR count). The van der Waals surface area contributed by atoms with Gasteiger partial charge in [-0.05, 0) is 49.0 Å². The Bertz CT molecular complexity index is 899. The predicted molar refractivity (Wildman–Crippen MR) is 128 cm³/mol. The molecule has 1 fully saturated rings. The zero-order valence-corrected chi connectivity index (χ0v) is 19.5. The molecule has 5 nitrogen and oxygen atoms in total. The zero-order valence-electron chi connectivity index (χ0n) is 15.6. The summed E-state index contributed by atoms with van der Waals surface area (Å²) in [6.45, 7) is 3.44. The van der Waals surface area contributed by atoms with Crippen LogP contribution < -0.4 is 10.6 Å². The molecule has 1 saturated heterocycles. The van der Waals surface area contributed by atoms with Crippen LogP contribution in [0.1, 0.15) is 6.42 Å². The summed E-state index contributed by atoms with van der Waals surface area (Å²) in [4.78, 5) is 16.6. The molecular formula is C20H21BrCl2N4OS. The SMILES string of the molecule is O=C(CN1CCCN(C(=S)Nc2ccc(Br)cc2Cl)CC1)Nc1ccccc1Cl. The second kappa shape index (κ2) is 10.6. The van der Waals surface area contributed by atoms with Crippen LogP contribution in [0.15, 0.2) is 46.9 Å². The first-order chi connectivity index (χ1) is 13.9. The van der Waals surface area contributed by atoms with E-state index in [1.165, 1.54) is 0 Å². The lowest BCUT2D eigenvalue weighted by molar-refractivity contribution is -0.117. The molecule has 0 aliphatic carbocycles. The van der Waals surface area contributed by atoms with Crippen LogP contribution in [0.5, 0.6) is 0 Å². The Morgan fingerprint density at radius 2 is 1.76 bits per heavy atom. The minimum absolute atomic E-state index is 0.0751. The van der Waals surface area contributed by atoms with E-state index in [2.05, 4.69) is 36.4 Å². The monoisotopic (exact) mass is 514 g/mol. The second-order valence-electron chi connectivity index (χ2n) is 6.70. The highest BCUT2D eigenvalue weighted by molar-refractivity contribution is 9.10. The van der Waals surface area contributed by atoms with Gasteiger partial charge in [-0.2, -0.15) is 0 Å². The van der Waals surface area contributed by atoms with Crippen molar-refractivity contribution in [3.8, 4) is 0 Å². The molecule has 0 spiro atoms. The Kier molecular flexibility index (Phi) is 8.15. The van der Waals surface area contributed by atoms with Crippen LogP contribution in [0.4, 0.5) is 11.4 Å². The minimum Gasteiger partial charge on any atom is -0.348 e. The lowest BCUT2D eigenvalue weighted by Gasteiger charge is -2.25. The number of halogens is 3. The maximum absolute atomic E-state index is 12.4. The molecule has 2 N–H and O–H groups in total. The largest absolute Gasteiger partial charge is 0.348 e. The van der Waals surface area contributed by atoms with Crippen LogP contribution in [0.3, 0.4) is 0 Å². The molecule has 2 aromatic rings. The first kappa shape index (κ1) is 22.3. The van der Waals surface area contributed by atoms with Crippen molar-refractivity contribution in [1.82, 2.24) is 9.80 Å². The van der Waals surface area contributed by atoms with Crippen molar-refractivity contribution in [2.75, 3.05) is 43.4 Å². The van der Waals surface area contributed by atoms with E-state index in [0.717, 1.165) is 42.8 Å². The van der Waals surface area contributed by atoms with Crippen molar-refractivity contribution in [3.05, 3.63) is 57.0 Å². The van der Waals surface area contributed by atoms with E-state index in [0.29, 0.717) is 27.4 Å². The van der Waals surface area contributed by atoms with E-state index in [9.17, 15) is 4.79 Å². The number of nitrogens with zero attached hydrogens (tertiary/aromatic N) is 2. The summed E-state index contributed by atoms with van der Waals surface area (Å²) in [6, 6.07) is 12.9. The Hall–Kier alpha value is -1.38. The molecule has 0 bridgehead atoms. The first-order valence-electron chi connectivity index (χ1n) is 9.20. The number of hydrogen-bond donors (Lipinski definition) is 2. The fraction of sp³-hybridized carbons (Fsp3) is 0.300. The summed E-state index contributed by atoms with van der Waals surface area (Å²) in [5, 5.41) is 7.87. The van der Waals surface area contributed by atoms with Gasteiger partial charge in [0.15, 0.2) is 5.11 Å². The highest BCUT2D eigenvalue weighted by Gasteiger charge is 2.19. The molecular weight excluding hydrogens is 495 g/mol. The quantitative estimate of drug-likeness (QED) is 0.555. The molecule has 0 unspecified atom stereocenters. The van der Waals surface area contributed by atoms with Crippen molar-refractivity contribution in [3.63, 3.8) is 0 Å². The molecule has 2 aromatic carbocycles. The predicted octanol–water partition coefficient (Wildman–Crippen LogP) is 5.10. The number of carbonyl (C=O) groups is 1. The molecule has 1 amide bonds. The lowest BCUT2D eigenvalue weighted by Crippen LogP contribution is -2.39. The molecule has 1 aliphatic heterocycles. The Labute approximate surface area is 194 Å². The van der Waals surface area contributed by atoms with Gasteiger partial charge in [0, 0.05) is 30.7 Å². The van der Waals surface area contributed by atoms with E-state index < -0.39 is 0 Å². The standard InChI is InChI=1S/C20H21BrCl2N4OS/c21-14-6-7-18(16(23)12-14)25-20(29)27-9-3-8-26(10-11-27)13-19(28)24-17-5-2-1-4-15(17)22/h1-2,4-7,12H,3,8-11,13H2,(H,24,28)(H,25,29). The molecule has 0 radical (unpaired) electrons. The third-order valence-electron chi connectivity index (χ3n) is 4.56. The summed E-state index contributed by atoms with van der Waals surface area (Å²) >= 11 is 21.3. The third-order valence-corrected chi connectivity index (χ3v) is 6.06. The molecule has 0 saturated carbocycles. The highest BCUT2D eigenvalue weighted by atomic mass is 79.9. The van der Waals surface area contributed by atoms with E-state index in [-0.39, 0.29) is 5.91 Å². The molecule has 154 valence electrons. The minimum atomic E-state index is -0.0751. The molecule has 0 atom stereocenters. The summed E-state index contributed by atoms with van der Waals surface area (Å²) in [7, 11) is 0. The fourth-order valence-electron chi connectivity index (χ4n) is 3.07. The normalized spacial score (nSPS) is 14.9. The second-order valence-corrected chi connectivity index (χ2v) is 8.82. The van der Waals surface area contributed by atoms with Gasteiger partial charge in [0.05, 0.1) is 28.0 Å². The van der Waals surface area contributed by atoms with Crippen molar-refractivity contribution in [2.45, 2.75) is 6.42 Å². The summed E-state index contributed by atoms with van der Waals surface area (Å²) in [5.74, 6) is -0.0751. The molecule has 0 aromatic heterocycles. The fourth-order valence-corrected chi connectivity index (χ4v) is 4.27. The van der Waals surface area contributed by atoms with Gasteiger partial charge in [-0.25, -0.2) is 0 Å². The molecule has 29 heavy (non-hydrogen) atoms. The molecule has 9 heteroatoms. The molecule has 1 heterocycles. The summed E-state index contributed by atoms with van der Waals surface area (Å²) in [5.41, 5.74) is 1.41. The summed E-state index contributed by atoms with van der Waals surface area (Å²) < 4.78 is 0.916. The summed E-state index contributed by atoms with van der Waals surface area (Å²) in [6.07, 6.45) is 0.912. The highest BCUT2D eigenvalue weighted by Crippen LogP contribution is 2.26. The molecule has 1 aliphatic rings. The lowest BCUT2D eigenvalue weighted by atomic mass is 10.3. The van der Waals surface area contributed by atoms with Gasteiger partial charge < -0.3 is 15.5 Å². The van der Waals surface area contributed by atoms with Gasteiger partial charge in [-0.1, -0.05) is 51.3 Å². The number of nitrogens with one attached hydrogen (secondary N) is 2. The van der Waals surface area contributed by atoms with Crippen LogP contribution in [-0.4, -0.2) is 53.5 Å². The Morgan fingerprint density at radius 3 is 2.52 bits per heavy atom. The third kappa shape index (κ3) is 6.55. The maximum Gasteiger partial charge on any atom is 0.238 e. The van der Waals surface area contributed by atoms with Crippen molar-refractivity contribution >= 4 is 73.7 Å². The van der Waals surface area contributed by atoms with Crippen LogP contribution in [0.25, 0.3) is 0 Å². The number of para-hydroxylation sites is 1. The van der Waals surface area contributed by atoms with Crippen LogP contribution in [0.2, 0.25) is 10.0 Å². The van der Waals surface area contributed by atoms with Gasteiger partial charge >= 0.3 is 0 Å². The smallest absolute Gasteiger partial charge is 0.238 e. The van der Waals surface area contributed by atoms with E-state index >= 15 is 0 Å². The van der Waals surface area contributed by atoms with Gasteiger partial charge in [-0.3, -0.25) is 9.69 Å². The number of thiocarbonyl (C=S) groups is 1. The average molecular weight is 516 g/mol. The number of rotatable bonds is 4. The van der Waals surface area contributed by atoms with Gasteiger partial charge in [0.2, 0.25) is 5.91 Å². The van der Waals surface area contributed by atoms with Crippen LogP contribution >= 0.6 is 51.3 Å². The number of anilines is 2. The van der Waals surface area contributed by atoms with Crippen LogP contribution in [0, 0.1) is 0 Å². The van der Waals surface area contributed by atoms with Crippen molar-refractivity contribution in [1.29, 1.82) is 0 Å².